The first kappa shape index (κ1) is 15.8. The van der Waals surface area contributed by atoms with Crippen molar-refractivity contribution in [3.63, 3.8) is 0 Å². The van der Waals surface area contributed by atoms with Crippen molar-refractivity contribution in [3.05, 3.63) is 0 Å². The highest BCUT2D eigenvalue weighted by Gasteiger charge is 2.21. The van der Waals surface area contributed by atoms with E-state index in [4.69, 9.17) is 9.84 Å². The van der Waals surface area contributed by atoms with Crippen molar-refractivity contribution < 1.29 is 14.6 Å². The minimum absolute atomic E-state index is 0.127. The molecule has 2 aliphatic rings. The molecular formula is C16H29NO3. The van der Waals surface area contributed by atoms with E-state index in [9.17, 15) is 4.79 Å². The number of rotatable bonds is 7. The molecule has 116 valence electrons. The van der Waals surface area contributed by atoms with Crippen molar-refractivity contribution in [3.8, 4) is 0 Å². The molecule has 0 unspecified atom stereocenters. The minimum atomic E-state index is -0.769. The van der Waals surface area contributed by atoms with E-state index in [-0.39, 0.29) is 12.5 Å². The Hall–Kier alpha value is -0.610. The monoisotopic (exact) mass is 283 g/mol. The lowest BCUT2D eigenvalue weighted by atomic mass is 9.87. The van der Waals surface area contributed by atoms with Crippen molar-refractivity contribution in [2.24, 2.45) is 5.92 Å². The number of nitrogens with zero attached hydrogens (tertiary/aromatic N) is 1. The molecule has 1 aliphatic heterocycles. The molecule has 4 heteroatoms. The van der Waals surface area contributed by atoms with Crippen LogP contribution in [0.1, 0.15) is 57.8 Å². The molecule has 0 radical (unpaired) electrons. The molecular weight excluding hydrogens is 254 g/mol. The Morgan fingerprint density at radius 1 is 1.10 bits per heavy atom. The number of hydrogen-bond acceptors (Lipinski definition) is 3. The summed E-state index contributed by atoms with van der Waals surface area (Å²) in [5.41, 5.74) is 0. The second-order valence-corrected chi connectivity index (χ2v) is 6.35. The molecule has 1 N–H and O–H groups in total. The summed E-state index contributed by atoms with van der Waals surface area (Å²) >= 11 is 0. The number of aliphatic carboxylic acids is 1. The van der Waals surface area contributed by atoms with Crippen molar-refractivity contribution in [1.82, 2.24) is 4.90 Å². The van der Waals surface area contributed by atoms with Gasteiger partial charge in [0.05, 0.1) is 19.1 Å². The van der Waals surface area contributed by atoms with E-state index in [0.29, 0.717) is 6.61 Å². The molecule has 0 atom stereocenters. The lowest BCUT2D eigenvalue weighted by Gasteiger charge is -2.33. The summed E-state index contributed by atoms with van der Waals surface area (Å²) < 4.78 is 5.63. The summed E-state index contributed by atoms with van der Waals surface area (Å²) in [5.74, 6) is 0.197. The Balaban J connectivity index is 1.53. The molecule has 1 saturated carbocycles. The third-order valence-electron chi connectivity index (χ3n) is 4.78. The zero-order valence-electron chi connectivity index (χ0n) is 12.6. The lowest BCUT2D eigenvalue weighted by Crippen LogP contribution is -2.38. The zero-order valence-corrected chi connectivity index (χ0v) is 12.6. The van der Waals surface area contributed by atoms with Crippen LogP contribution in [0.4, 0.5) is 0 Å². The number of carboxylic acids is 1. The van der Waals surface area contributed by atoms with Crippen LogP contribution in [0.25, 0.3) is 0 Å². The largest absolute Gasteiger partial charge is 0.481 e. The van der Waals surface area contributed by atoms with E-state index in [2.05, 4.69) is 4.90 Å². The molecule has 2 fully saturated rings. The van der Waals surface area contributed by atoms with E-state index in [1.165, 1.54) is 45.1 Å². The maximum atomic E-state index is 10.4. The fourth-order valence-electron chi connectivity index (χ4n) is 3.45. The normalized spacial score (nSPS) is 23.0. The fraction of sp³-hybridized carbons (Fsp3) is 0.938. The Bertz CT molecular complexity index is 281. The van der Waals surface area contributed by atoms with E-state index in [1.807, 2.05) is 0 Å². The third-order valence-corrected chi connectivity index (χ3v) is 4.78. The average molecular weight is 283 g/mol. The summed E-state index contributed by atoms with van der Waals surface area (Å²) in [6.45, 7) is 3.84. The molecule has 0 aromatic carbocycles. The van der Waals surface area contributed by atoms with Crippen LogP contribution in [-0.4, -0.2) is 48.3 Å². The number of likely N-dealkylation sites (tertiary alicyclic amines) is 1. The van der Waals surface area contributed by atoms with Crippen molar-refractivity contribution in [2.45, 2.75) is 63.9 Å². The summed E-state index contributed by atoms with van der Waals surface area (Å²) in [4.78, 5) is 13.0. The van der Waals surface area contributed by atoms with Gasteiger partial charge in [-0.1, -0.05) is 32.1 Å². The van der Waals surface area contributed by atoms with Gasteiger partial charge in [-0.25, -0.2) is 0 Å². The molecule has 2 rings (SSSR count). The predicted octanol–water partition coefficient (Wildman–Crippen LogP) is 2.91. The number of piperidine rings is 1. The highest BCUT2D eigenvalue weighted by atomic mass is 16.5. The van der Waals surface area contributed by atoms with Gasteiger partial charge in [-0.05, 0) is 31.7 Å². The molecule has 0 amide bonds. The van der Waals surface area contributed by atoms with Gasteiger partial charge < -0.3 is 14.7 Å². The summed E-state index contributed by atoms with van der Waals surface area (Å²) in [7, 11) is 0. The molecule has 0 spiro atoms. The molecule has 1 saturated heterocycles. The van der Waals surface area contributed by atoms with Crippen LogP contribution < -0.4 is 0 Å². The van der Waals surface area contributed by atoms with E-state index < -0.39 is 5.97 Å². The molecule has 1 heterocycles. The average Bonchev–Trinajstić information content (AvgIpc) is 2.47. The van der Waals surface area contributed by atoms with Gasteiger partial charge in [0.2, 0.25) is 0 Å². The first-order valence-corrected chi connectivity index (χ1v) is 8.30. The van der Waals surface area contributed by atoms with Gasteiger partial charge in [0.1, 0.15) is 0 Å². The van der Waals surface area contributed by atoms with Crippen molar-refractivity contribution >= 4 is 5.97 Å². The van der Waals surface area contributed by atoms with Crippen molar-refractivity contribution in [2.75, 3.05) is 26.2 Å². The molecule has 0 bridgehead atoms. The third kappa shape index (κ3) is 5.80. The van der Waals surface area contributed by atoms with Gasteiger partial charge in [0.15, 0.2) is 0 Å². The molecule has 0 aromatic heterocycles. The van der Waals surface area contributed by atoms with Gasteiger partial charge in [0, 0.05) is 13.1 Å². The number of ether oxygens (including phenoxy) is 1. The number of carboxylic acid groups (broad SMARTS) is 1. The van der Waals surface area contributed by atoms with E-state index in [1.54, 1.807) is 0 Å². The highest BCUT2D eigenvalue weighted by Crippen LogP contribution is 2.27. The van der Waals surface area contributed by atoms with Crippen LogP contribution in [0.15, 0.2) is 0 Å². The van der Waals surface area contributed by atoms with Crippen LogP contribution in [0.2, 0.25) is 0 Å². The van der Waals surface area contributed by atoms with Crippen LogP contribution in [0.3, 0.4) is 0 Å². The summed E-state index contributed by atoms with van der Waals surface area (Å²) in [6, 6.07) is 0. The van der Waals surface area contributed by atoms with Crippen LogP contribution in [0, 0.1) is 5.92 Å². The highest BCUT2D eigenvalue weighted by molar-refractivity contribution is 5.66. The van der Waals surface area contributed by atoms with Crippen LogP contribution >= 0.6 is 0 Å². The second-order valence-electron chi connectivity index (χ2n) is 6.35. The van der Waals surface area contributed by atoms with Gasteiger partial charge >= 0.3 is 5.97 Å². The molecule has 1 aliphatic carbocycles. The fourth-order valence-corrected chi connectivity index (χ4v) is 3.45. The molecule has 4 nitrogen and oxygen atoms in total. The topological polar surface area (TPSA) is 49.8 Å². The SMILES string of the molecule is O=C(O)CCOC1CCN(CCC2CCCCC2)CC1. The predicted molar refractivity (Wildman–Crippen MR) is 78.9 cm³/mol. The number of carbonyl (C=O) groups is 1. The summed E-state index contributed by atoms with van der Waals surface area (Å²) in [5, 5.41) is 8.59. The van der Waals surface area contributed by atoms with E-state index >= 15 is 0 Å². The molecule has 20 heavy (non-hydrogen) atoms. The molecule has 0 aromatic rings. The first-order valence-electron chi connectivity index (χ1n) is 8.30. The van der Waals surface area contributed by atoms with Crippen LogP contribution in [-0.2, 0) is 9.53 Å². The van der Waals surface area contributed by atoms with Crippen molar-refractivity contribution in [1.29, 1.82) is 0 Å². The van der Waals surface area contributed by atoms with Gasteiger partial charge in [-0.3, -0.25) is 4.79 Å². The second kappa shape index (κ2) is 8.63. The van der Waals surface area contributed by atoms with Crippen LogP contribution in [0.5, 0.6) is 0 Å². The quantitative estimate of drug-likeness (QED) is 0.780. The Kier molecular flexibility index (Phi) is 6.80. The Labute approximate surface area is 122 Å². The zero-order chi connectivity index (χ0) is 14.2. The summed E-state index contributed by atoms with van der Waals surface area (Å²) in [6.07, 6.45) is 11.1. The maximum Gasteiger partial charge on any atom is 0.305 e. The smallest absolute Gasteiger partial charge is 0.305 e. The first-order chi connectivity index (χ1) is 9.74. The Morgan fingerprint density at radius 2 is 1.80 bits per heavy atom. The van der Waals surface area contributed by atoms with Gasteiger partial charge in [0.25, 0.3) is 0 Å². The number of hydrogen-bond donors (Lipinski definition) is 1. The van der Waals surface area contributed by atoms with Gasteiger partial charge in [-0.15, -0.1) is 0 Å². The standard InChI is InChI=1S/C16H29NO3/c18-16(19)9-13-20-15-7-11-17(12-8-15)10-6-14-4-2-1-3-5-14/h14-15H,1-13H2,(H,18,19). The van der Waals surface area contributed by atoms with E-state index in [0.717, 1.165) is 31.8 Å². The minimum Gasteiger partial charge on any atom is -0.481 e. The lowest BCUT2D eigenvalue weighted by molar-refractivity contribution is -0.138. The maximum absolute atomic E-state index is 10.4. The Morgan fingerprint density at radius 3 is 2.45 bits per heavy atom. The van der Waals surface area contributed by atoms with Gasteiger partial charge in [-0.2, -0.15) is 0 Å².